The molecule has 0 N–H and O–H groups in total. The van der Waals surface area contributed by atoms with Crippen LogP contribution < -0.4 is 0 Å². The van der Waals surface area contributed by atoms with Crippen molar-refractivity contribution in [1.82, 2.24) is 9.47 Å². The summed E-state index contributed by atoms with van der Waals surface area (Å²) >= 11 is 0. The summed E-state index contributed by atoms with van der Waals surface area (Å²) in [4.78, 5) is 26.5. The first-order valence-electron chi connectivity index (χ1n) is 10.5. The number of carbonyl (C=O) groups excluding carboxylic acids is 2. The summed E-state index contributed by atoms with van der Waals surface area (Å²) in [5.74, 6) is -0.882. The van der Waals surface area contributed by atoms with Crippen molar-refractivity contribution in [3.8, 4) is 6.07 Å². The van der Waals surface area contributed by atoms with E-state index in [0.29, 0.717) is 18.9 Å². The summed E-state index contributed by atoms with van der Waals surface area (Å²) in [6, 6.07) is 4.99. The zero-order valence-electron chi connectivity index (χ0n) is 17.9. The first kappa shape index (κ1) is 21.2. The van der Waals surface area contributed by atoms with Crippen LogP contribution in [0.4, 0.5) is 0 Å². The van der Waals surface area contributed by atoms with E-state index in [1.807, 2.05) is 0 Å². The van der Waals surface area contributed by atoms with Gasteiger partial charge in [-0.3, -0.25) is 4.79 Å². The highest BCUT2D eigenvalue weighted by Crippen LogP contribution is 2.38. The molecule has 0 aliphatic heterocycles. The van der Waals surface area contributed by atoms with E-state index in [1.165, 1.54) is 29.5 Å². The van der Waals surface area contributed by atoms with Crippen LogP contribution >= 0.6 is 0 Å². The highest BCUT2D eigenvalue weighted by Gasteiger charge is 2.40. The van der Waals surface area contributed by atoms with E-state index in [1.54, 1.807) is 20.0 Å². The molecule has 0 unspecified atom stereocenters. The van der Waals surface area contributed by atoms with E-state index < -0.39 is 17.6 Å². The number of rotatable bonds is 6. The highest BCUT2D eigenvalue weighted by molar-refractivity contribution is 5.90. The molecule has 1 aromatic heterocycles. The monoisotopic (exact) mass is 397 g/mol. The van der Waals surface area contributed by atoms with E-state index in [0.717, 1.165) is 30.5 Å². The number of carbonyl (C=O) groups is 2. The molecular formula is C23H31N3O3. The Bertz CT molecular complexity index is 851. The molecule has 0 spiro atoms. The number of aryl methyl sites for hydroxylation is 1. The van der Waals surface area contributed by atoms with Gasteiger partial charge in [0.2, 0.25) is 0 Å². The first-order chi connectivity index (χ1) is 13.8. The molecule has 2 saturated carbocycles. The number of esters is 1. The summed E-state index contributed by atoms with van der Waals surface area (Å²) in [5, 5.41) is 9.66. The van der Waals surface area contributed by atoms with Crippen molar-refractivity contribution in [3.05, 3.63) is 29.1 Å². The SMILES string of the molecule is Cc1cc(/C=C/C(=O)O[C@@H](C)C(=O)N(C)C2(C#N)CCCCC2)c(C)n1C1CC1. The van der Waals surface area contributed by atoms with Crippen molar-refractivity contribution in [1.29, 1.82) is 5.26 Å². The summed E-state index contributed by atoms with van der Waals surface area (Å²) in [6.07, 6.45) is 8.91. The van der Waals surface area contributed by atoms with Crippen LogP contribution in [0.2, 0.25) is 0 Å². The summed E-state index contributed by atoms with van der Waals surface area (Å²) in [7, 11) is 1.64. The van der Waals surface area contributed by atoms with Gasteiger partial charge in [0.05, 0.1) is 6.07 Å². The molecule has 2 aliphatic rings. The van der Waals surface area contributed by atoms with Gasteiger partial charge in [-0.05, 0) is 64.2 Å². The quantitative estimate of drug-likeness (QED) is 0.536. The Labute approximate surface area is 173 Å². The topological polar surface area (TPSA) is 75.3 Å². The Balaban J connectivity index is 1.61. The number of nitriles is 1. The van der Waals surface area contributed by atoms with Crippen LogP contribution in [0.5, 0.6) is 0 Å². The Kier molecular flexibility index (Phi) is 6.16. The maximum Gasteiger partial charge on any atom is 0.331 e. The van der Waals surface area contributed by atoms with Crippen LogP contribution in [-0.4, -0.2) is 40.0 Å². The molecule has 156 valence electrons. The average molecular weight is 398 g/mol. The molecule has 2 aliphatic carbocycles. The van der Waals surface area contributed by atoms with Gasteiger partial charge in [0, 0.05) is 30.6 Å². The van der Waals surface area contributed by atoms with Crippen molar-refractivity contribution >= 4 is 18.0 Å². The van der Waals surface area contributed by atoms with Gasteiger partial charge in [0.25, 0.3) is 5.91 Å². The molecule has 1 heterocycles. The second-order valence-corrected chi connectivity index (χ2v) is 8.44. The zero-order valence-corrected chi connectivity index (χ0v) is 17.9. The number of nitrogens with zero attached hydrogens (tertiary/aromatic N) is 3. The van der Waals surface area contributed by atoms with Crippen LogP contribution in [0.25, 0.3) is 6.08 Å². The molecule has 1 amide bonds. The third-order valence-electron chi connectivity index (χ3n) is 6.34. The van der Waals surface area contributed by atoms with E-state index >= 15 is 0 Å². The lowest BCUT2D eigenvalue weighted by atomic mass is 9.81. The molecule has 0 radical (unpaired) electrons. The zero-order chi connectivity index (χ0) is 21.2. The Morgan fingerprint density at radius 1 is 1.31 bits per heavy atom. The van der Waals surface area contributed by atoms with Gasteiger partial charge >= 0.3 is 5.97 Å². The lowest BCUT2D eigenvalue weighted by Gasteiger charge is -2.39. The standard InChI is InChI=1S/C23H31N3O3/c1-16-14-19(17(2)26(16)20-9-10-20)8-11-21(27)29-18(3)22(28)25(4)23(15-24)12-6-5-7-13-23/h8,11,14,18,20H,5-7,9-10,12-13H2,1-4H3/b11-8+/t18-/m0/s1. The average Bonchev–Trinajstić information content (AvgIpc) is 3.50. The third kappa shape index (κ3) is 4.39. The van der Waals surface area contributed by atoms with Crippen LogP contribution in [0.1, 0.15) is 74.9 Å². The summed E-state index contributed by atoms with van der Waals surface area (Å²) in [6.45, 7) is 5.70. The van der Waals surface area contributed by atoms with Crippen molar-refractivity contribution in [3.63, 3.8) is 0 Å². The van der Waals surface area contributed by atoms with E-state index in [-0.39, 0.29) is 5.91 Å². The lowest BCUT2D eigenvalue weighted by Crippen LogP contribution is -2.53. The number of likely N-dealkylation sites (N-methyl/N-ethyl adjacent to an activating group) is 1. The molecule has 1 aromatic rings. The maximum absolute atomic E-state index is 12.8. The highest BCUT2D eigenvalue weighted by atomic mass is 16.5. The Hall–Kier alpha value is -2.55. The second kappa shape index (κ2) is 8.44. The predicted molar refractivity (Wildman–Crippen MR) is 111 cm³/mol. The van der Waals surface area contributed by atoms with Crippen LogP contribution in [0.3, 0.4) is 0 Å². The molecule has 3 rings (SSSR count). The molecule has 0 saturated heterocycles. The van der Waals surface area contributed by atoms with Gasteiger partial charge in [-0.1, -0.05) is 19.3 Å². The predicted octanol–water partition coefficient (Wildman–Crippen LogP) is 4.07. The van der Waals surface area contributed by atoms with E-state index in [4.69, 9.17) is 4.74 Å². The smallest absolute Gasteiger partial charge is 0.331 e. The fourth-order valence-corrected chi connectivity index (χ4v) is 4.43. The fraction of sp³-hybridized carbons (Fsp3) is 0.609. The van der Waals surface area contributed by atoms with Crippen molar-refractivity contribution in [2.45, 2.75) is 83.4 Å². The molecule has 0 bridgehead atoms. The van der Waals surface area contributed by atoms with E-state index in [9.17, 15) is 14.9 Å². The largest absolute Gasteiger partial charge is 0.449 e. The lowest BCUT2D eigenvalue weighted by molar-refractivity contribution is -0.157. The van der Waals surface area contributed by atoms with Gasteiger partial charge in [0.15, 0.2) is 6.10 Å². The third-order valence-corrected chi connectivity index (χ3v) is 6.34. The molecule has 0 aromatic carbocycles. The minimum absolute atomic E-state index is 0.331. The number of amides is 1. The first-order valence-corrected chi connectivity index (χ1v) is 10.5. The number of hydrogen-bond acceptors (Lipinski definition) is 4. The second-order valence-electron chi connectivity index (χ2n) is 8.44. The molecule has 6 nitrogen and oxygen atoms in total. The molecule has 2 fully saturated rings. The van der Waals surface area contributed by atoms with Gasteiger partial charge in [-0.2, -0.15) is 5.26 Å². The maximum atomic E-state index is 12.8. The normalized spacial score (nSPS) is 19.6. The van der Waals surface area contributed by atoms with E-state index in [2.05, 4.69) is 30.6 Å². The van der Waals surface area contributed by atoms with Crippen molar-refractivity contribution < 1.29 is 14.3 Å². The number of hydrogen-bond donors (Lipinski definition) is 0. The van der Waals surface area contributed by atoms with Crippen molar-refractivity contribution in [2.24, 2.45) is 0 Å². The van der Waals surface area contributed by atoms with Gasteiger partial charge in [-0.15, -0.1) is 0 Å². The molecule has 1 atom stereocenters. The fourth-order valence-electron chi connectivity index (χ4n) is 4.43. The van der Waals surface area contributed by atoms with Crippen LogP contribution in [-0.2, 0) is 14.3 Å². The Morgan fingerprint density at radius 3 is 2.55 bits per heavy atom. The molecule has 29 heavy (non-hydrogen) atoms. The van der Waals surface area contributed by atoms with Gasteiger partial charge in [0.1, 0.15) is 5.54 Å². The van der Waals surface area contributed by atoms with Crippen LogP contribution in [0.15, 0.2) is 12.1 Å². The minimum atomic E-state index is -0.928. The summed E-state index contributed by atoms with van der Waals surface area (Å²) < 4.78 is 7.66. The van der Waals surface area contributed by atoms with Gasteiger partial charge in [-0.25, -0.2) is 4.79 Å². The van der Waals surface area contributed by atoms with Crippen LogP contribution in [0, 0.1) is 25.2 Å². The van der Waals surface area contributed by atoms with Crippen molar-refractivity contribution in [2.75, 3.05) is 7.05 Å². The molecular weight excluding hydrogens is 366 g/mol. The summed E-state index contributed by atoms with van der Waals surface area (Å²) in [5.41, 5.74) is 2.54. The Morgan fingerprint density at radius 2 is 1.97 bits per heavy atom. The van der Waals surface area contributed by atoms with Gasteiger partial charge < -0.3 is 14.2 Å². The minimum Gasteiger partial charge on any atom is -0.449 e. The number of ether oxygens (including phenoxy) is 1. The number of aromatic nitrogens is 1. The molecule has 6 heteroatoms.